The van der Waals surface area contributed by atoms with Crippen LogP contribution in [0.5, 0.6) is 0 Å². The van der Waals surface area contributed by atoms with E-state index in [2.05, 4.69) is 21.8 Å². The topological polar surface area (TPSA) is 29.9 Å². The zero-order chi connectivity index (χ0) is 13.1. The molecule has 0 aliphatic heterocycles. The van der Waals surface area contributed by atoms with Crippen molar-refractivity contribution < 1.29 is 0 Å². The normalized spacial score (nSPS) is 12.4. The molecule has 0 fully saturated rings. The molecule has 0 bridgehead atoms. The van der Waals surface area contributed by atoms with Crippen molar-refractivity contribution in [3.8, 4) is 0 Å². The van der Waals surface area contributed by atoms with Crippen LogP contribution in [0.25, 0.3) is 0 Å². The standard InChI is InChI=1S/C13H15Cl2N3/c1-3-16-13-17-6-7-18(13)9(2)11-5-4-10(14)8-12(11)15/h4-9H,3H2,1-2H3,(H,16,17). The SMILES string of the molecule is CCNc1nccn1C(C)c1ccc(Cl)cc1Cl. The van der Waals surface area contributed by atoms with Gasteiger partial charge in [-0.1, -0.05) is 29.3 Å². The van der Waals surface area contributed by atoms with Crippen LogP contribution in [0.1, 0.15) is 25.5 Å². The Morgan fingerprint density at radius 3 is 2.83 bits per heavy atom. The van der Waals surface area contributed by atoms with Crippen molar-refractivity contribution in [2.24, 2.45) is 0 Å². The lowest BCUT2D eigenvalue weighted by Gasteiger charge is -2.18. The summed E-state index contributed by atoms with van der Waals surface area (Å²) in [4.78, 5) is 4.28. The third-order valence-electron chi connectivity index (χ3n) is 2.83. The van der Waals surface area contributed by atoms with Gasteiger partial charge in [0.15, 0.2) is 0 Å². The fourth-order valence-electron chi connectivity index (χ4n) is 1.91. The van der Waals surface area contributed by atoms with E-state index in [1.54, 1.807) is 12.3 Å². The smallest absolute Gasteiger partial charge is 0.203 e. The third-order valence-corrected chi connectivity index (χ3v) is 3.40. The van der Waals surface area contributed by atoms with Crippen molar-refractivity contribution in [3.05, 3.63) is 46.2 Å². The molecule has 1 unspecified atom stereocenters. The second-order valence-electron chi connectivity index (χ2n) is 4.03. The number of nitrogens with zero attached hydrogens (tertiary/aromatic N) is 2. The molecule has 0 saturated heterocycles. The predicted octanol–water partition coefficient (Wildman–Crippen LogP) is 4.23. The molecule has 0 radical (unpaired) electrons. The summed E-state index contributed by atoms with van der Waals surface area (Å²) in [5.41, 5.74) is 1.03. The highest BCUT2D eigenvalue weighted by Gasteiger charge is 2.14. The zero-order valence-electron chi connectivity index (χ0n) is 10.3. The molecule has 0 amide bonds. The van der Waals surface area contributed by atoms with Crippen LogP contribution in [0.4, 0.5) is 5.95 Å². The monoisotopic (exact) mass is 283 g/mol. The minimum Gasteiger partial charge on any atom is -0.356 e. The molecule has 1 N–H and O–H groups in total. The Balaban J connectivity index is 2.35. The van der Waals surface area contributed by atoms with Gasteiger partial charge < -0.3 is 9.88 Å². The van der Waals surface area contributed by atoms with Crippen LogP contribution in [0, 0.1) is 0 Å². The summed E-state index contributed by atoms with van der Waals surface area (Å²) < 4.78 is 2.05. The van der Waals surface area contributed by atoms with E-state index in [4.69, 9.17) is 23.2 Å². The molecular weight excluding hydrogens is 269 g/mol. The van der Waals surface area contributed by atoms with E-state index in [0.29, 0.717) is 10.0 Å². The molecule has 5 heteroatoms. The summed E-state index contributed by atoms with van der Waals surface area (Å²) in [5.74, 6) is 0.844. The summed E-state index contributed by atoms with van der Waals surface area (Å²) >= 11 is 12.1. The lowest BCUT2D eigenvalue weighted by atomic mass is 10.1. The van der Waals surface area contributed by atoms with Crippen LogP contribution >= 0.6 is 23.2 Å². The number of imidazole rings is 1. The van der Waals surface area contributed by atoms with Crippen molar-refractivity contribution in [2.75, 3.05) is 11.9 Å². The molecule has 1 aromatic heterocycles. The van der Waals surface area contributed by atoms with Gasteiger partial charge in [-0.15, -0.1) is 0 Å². The maximum absolute atomic E-state index is 6.23. The summed E-state index contributed by atoms with van der Waals surface area (Å²) in [7, 11) is 0. The van der Waals surface area contributed by atoms with E-state index in [9.17, 15) is 0 Å². The number of rotatable bonds is 4. The predicted molar refractivity (Wildman–Crippen MR) is 76.7 cm³/mol. The Morgan fingerprint density at radius 1 is 1.39 bits per heavy atom. The Bertz CT molecular complexity index is 537. The van der Waals surface area contributed by atoms with Gasteiger partial charge in [0.25, 0.3) is 0 Å². The Hall–Kier alpha value is -1.19. The first-order valence-corrected chi connectivity index (χ1v) is 6.60. The van der Waals surface area contributed by atoms with E-state index < -0.39 is 0 Å². The molecule has 3 nitrogen and oxygen atoms in total. The molecule has 18 heavy (non-hydrogen) atoms. The molecular formula is C13H15Cl2N3. The number of aromatic nitrogens is 2. The quantitative estimate of drug-likeness (QED) is 0.910. The largest absolute Gasteiger partial charge is 0.356 e. The minimum atomic E-state index is 0.103. The molecule has 2 aromatic rings. The molecule has 1 heterocycles. The molecule has 2 rings (SSSR count). The third kappa shape index (κ3) is 2.62. The van der Waals surface area contributed by atoms with E-state index >= 15 is 0 Å². The second-order valence-corrected chi connectivity index (χ2v) is 4.87. The van der Waals surface area contributed by atoms with Crippen LogP contribution in [-0.2, 0) is 0 Å². The van der Waals surface area contributed by atoms with E-state index in [1.165, 1.54) is 0 Å². The minimum absolute atomic E-state index is 0.103. The number of nitrogens with one attached hydrogen (secondary N) is 1. The van der Waals surface area contributed by atoms with Gasteiger partial charge in [0.1, 0.15) is 0 Å². The van der Waals surface area contributed by atoms with Crippen LogP contribution in [0.15, 0.2) is 30.6 Å². The van der Waals surface area contributed by atoms with Crippen molar-refractivity contribution in [1.82, 2.24) is 9.55 Å². The molecule has 1 atom stereocenters. The Kier molecular flexibility index (Phi) is 4.15. The molecule has 1 aromatic carbocycles. The van der Waals surface area contributed by atoms with Gasteiger partial charge >= 0.3 is 0 Å². The van der Waals surface area contributed by atoms with Crippen LogP contribution in [0.3, 0.4) is 0 Å². The highest BCUT2D eigenvalue weighted by atomic mass is 35.5. The first-order valence-electron chi connectivity index (χ1n) is 5.85. The highest BCUT2D eigenvalue weighted by Crippen LogP contribution is 2.29. The van der Waals surface area contributed by atoms with E-state index in [0.717, 1.165) is 18.1 Å². The number of benzene rings is 1. The van der Waals surface area contributed by atoms with Crippen molar-refractivity contribution >= 4 is 29.2 Å². The first-order chi connectivity index (χ1) is 8.63. The van der Waals surface area contributed by atoms with E-state index in [-0.39, 0.29) is 6.04 Å². The van der Waals surface area contributed by atoms with Gasteiger partial charge in [-0.2, -0.15) is 0 Å². The molecule has 0 spiro atoms. The molecule has 96 valence electrons. The Morgan fingerprint density at radius 2 is 2.17 bits per heavy atom. The average molecular weight is 284 g/mol. The Labute approximate surface area is 117 Å². The van der Waals surface area contributed by atoms with E-state index in [1.807, 2.05) is 25.3 Å². The number of hydrogen-bond acceptors (Lipinski definition) is 2. The molecule has 0 aliphatic carbocycles. The summed E-state index contributed by atoms with van der Waals surface area (Å²) in [6.07, 6.45) is 3.71. The fourth-order valence-corrected chi connectivity index (χ4v) is 2.48. The summed E-state index contributed by atoms with van der Waals surface area (Å²) in [5, 5.41) is 4.54. The lowest BCUT2D eigenvalue weighted by molar-refractivity contribution is 0.644. The maximum atomic E-state index is 6.23. The second kappa shape index (κ2) is 5.63. The summed E-state index contributed by atoms with van der Waals surface area (Å²) in [6.45, 7) is 4.95. The summed E-state index contributed by atoms with van der Waals surface area (Å²) in [6, 6.07) is 5.67. The average Bonchev–Trinajstić information content (AvgIpc) is 2.77. The molecule has 0 saturated carbocycles. The number of anilines is 1. The zero-order valence-corrected chi connectivity index (χ0v) is 11.8. The number of halogens is 2. The van der Waals surface area contributed by atoms with Gasteiger partial charge in [0.05, 0.1) is 6.04 Å². The van der Waals surface area contributed by atoms with Gasteiger partial charge in [-0.3, -0.25) is 0 Å². The molecule has 0 aliphatic rings. The maximum Gasteiger partial charge on any atom is 0.203 e. The van der Waals surface area contributed by atoms with Crippen molar-refractivity contribution in [3.63, 3.8) is 0 Å². The van der Waals surface area contributed by atoms with Crippen molar-refractivity contribution in [2.45, 2.75) is 19.9 Å². The van der Waals surface area contributed by atoms with Gasteiger partial charge in [0, 0.05) is 29.0 Å². The first kappa shape index (κ1) is 13.2. The van der Waals surface area contributed by atoms with Crippen molar-refractivity contribution in [1.29, 1.82) is 0 Å². The van der Waals surface area contributed by atoms with Gasteiger partial charge in [-0.25, -0.2) is 4.98 Å². The van der Waals surface area contributed by atoms with Gasteiger partial charge in [-0.05, 0) is 31.5 Å². The highest BCUT2D eigenvalue weighted by molar-refractivity contribution is 6.35. The lowest BCUT2D eigenvalue weighted by Crippen LogP contribution is -2.11. The van der Waals surface area contributed by atoms with Crippen LogP contribution in [0.2, 0.25) is 10.0 Å². The van der Waals surface area contributed by atoms with Gasteiger partial charge in [0.2, 0.25) is 5.95 Å². The van der Waals surface area contributed by atoms with Crippen LogP contribution in [-0.4, -0.2) is 16.1 Å². The fraction of sp³-hybridized carbons (Fsp3) is 0.308. The number of hydrogen-bond donors (Lipinski definition) is 1. The van der Waals surface area contributed by atoms with Crippen LogP contribution < -0.4 is 5.32 Å².